The minimum absolute atomic E-state index is 0.0681. The second-order valence-corrected chi connectivity index (χ2v) is 4.69. The van der Waals surface area contributed by atoms with Gasteiger partial charge in [0.1, 0.15) is 5.92 Å². The molecule has 2 aliphatic rings. The van der Waals surface area contributed by atoms with E-state index in [1.54, 1.807) is 13.0 Å². The van der Waals surface area contributed by atoms with Crippen molar-refractivity contribution in [2.45, 2.75) is 38.8 Å². The molecular weight excluding hydrogens is 216 g/mol. The van der Waals surface area contributed by atoms with Gasteiger partial charge in [0.05, 0.1) is 11.8 Å². The second kappa shape index (κ2) is 4.01. The van der Waals surface area contributed by atoms with Crippen LogP contribution in [-0.4, -0.2) is 11.5 Å². The number of ether oxygens (including phenoxy) is 1. The summed E-state index contributed by atoms with van der Waals surface area (Å²) in [5.41, 5.74) is 6.69. The van der Waals surface area contributed by atoms with Crippen LogP contribution in [0, 0.1) is 17.2 Å². The first-order valence-corrected chi connectivity index (χ1v) is 5.78. The Morgan fingerprint density at radius 2 is 2.24 bits per heavy atom. The molecule has 0 aromatic heterocycles. The van der Waals surface area contributed by atoms with Crippen LogP contribution in [0.2, 0.25) is 0 Å². The van der Waals surface area contributed by atoms with Crippen LogP contribution >= 0.6 is 0 Å². The first-order chi connectivity index (χ1) is 7.99. The Bertz CT molecular complexity index is 470. The molecule has 0 amide bonds. The average Bonchev–Trinajstić information content (AvgIpc) is 2.51. The summed E-state index contributed by atoms with van der Waals surface area (Å²) in [6.45, 7) is 3.66. The zero-order valence-corrected chi connectivity index (χ0v) is 10.1. The number of nitrogens with two attached hydrogens (primary N) is 1. The molecule has 2 N–H and O–H groups in total. The van der Waals surface area contributed by atoms with E-state index in [1.165, 1.54) is 0 Å². The zero-order chi connectivity index (χ0) is 12.6. The fourth-order valence-corrected chi connectivity index (χ4v) is 2.46. The molecule has 4 nitrogen and oxygen atoms in total. The summed E-state index contributed by atoms with van der Waals surface area (Å²) in [5.74, 6) is 0.260. The Morgan fingerprint density at radius 1 is 1.53 bits per heavy atom. The fourth-order valence-electron chi connectivity index (χ4n) is 2.46. The van der Waals surface area contributed by atoms with Crippen molar-refractivity contribution in [2.75, 3.05) is 0 Å². The Morgan fingerprint density at radius 3 is 2.82 bits per heavy atom. The van der Waals surface area contributed by atoms with E-state index in [1.807, 2.05) is 6.92 Å². The molecule has 0 aromatic rings. The van der Waals surface area contributed by atoms with Crippen LogP contribution in [0.4, 0.5) is 0 Å². The van der Waals surface area contributed by atoms with Gasteiger partial charge in [-0.1, -0.05) is 0 Å². The normalized spacial score (nSPS) is 33.2. The van der Waals surface area contributed by atoms with E-state index in [-0.39, 0.29) is 5.78 Å². The number of carbonyl (C=O) groups is 1. The quantitative estimate of drug-likeness (QED) is 0.747. The van der Waals surface area contributed by atoms with Crippen molar-refractivity contribution in [1.82, 2.24) is 0 Å². The van der Waals surface area contributed by atoms with Crippen LogP contribution in [0.1, 0.15) is 33.1 Å². The SMILES string of the molecule is CC1=C(C)C(C#N)C(N)(C2=CC(=O)CCC2)O1. The van der Waals surface area contributed by atoms with Gasteiger partial charge in [-0.05, 0) is 43.9 Å². The lowest BCUT2D eigenvalue weighted by molar-refractivity contribution is -0.115. The topological polar surface area (TPSA) is 76.1 Å². The molecule has 1 aliphatic heterocycles. The van der Waals surface area contributed by atoms with E-state index >= 15 is 0 Å². The molecule has 2 unspecified atom stereocenters. The van der Waals surface area contributed by atoms with Crippen molar-refractivity contribution < 1.29 is 9.53 Å². The molecule has 0 saturated heterocycles. The highest BCUT2D eigenvalue weighted by Crippen LogP contribution is 2.42. The molecule has 2 atom stereocenters. The van der Waals surface area contributed by atoms with E-state index in [2.05, 4.69) is 6.07 Å². The third-order valence-corrected chi connectivity index (χ3v) is 3.57. The Kier molecular flexibility index (Phi) is 2.80. The van der Waals surface area contributed by atoms with E-state index in [0.29, 0.717) is 12.2 Å². The predicted octanol–water partition coefficient (Wildman–Crippen LogP) is 1.78. The molecule has 0 spiro atoms. The lowest BCUT2D eigenvalue weighted by Gasteiger charge is -2.32. The van der Waals surface area contributed by atoms with E-state index in [4.69, 9.17) is 10.5 Å². The van der Waals surface area contributed by atoms with Crippen LogP contribution in [0.3, 0.4) is 0 Å². The van der Waals surface area contributed by atoms with Crippen LogP contribution < -0.4 is 5.73 Å². The molecule has 1 heterocycles. The first-order valence-electron chi connectivity index (χ1n) is 5.78. The summed E-state index contributed by atoms with van der Waals surface area (Å²) < 4.78 is 5.67. The minimum Gasteiger partial charge on any atom is -0.472 e. The number of rotatable bonds is 1. The Hall–Kier alpha value is -1.60. The average molecular weight is 232 g/mol. The van der Waals surface area contributed by atoms with Gasteiger partial charge in [-0.3, -0.25) is 10.5 Å². The summed E-state index contributed by atoms with van der Waals surface area (Å²) in [5, 5.41) is 9.23. The van der Waals surface area contributed by atoms with Crippen molar-refractivity contribution in [1.29, 1.82) is 5.26 Å². The maximum atomic E-state index is 11.4. The summed E-state index contributed by atoms with van der Waals surface area (Å²) in [4.78, 5) is 11.4. The van der Waals surface area contributed by atoms with Crippen molar-refractivity contribution in [3.63, 3.8) is 0 Å². The fraction of sp³-hybridized carbons (Fsp3) is 0.538. The van der Waals surface area contributed by atoms with Crippen molar-refractivity contribution in [2.24, 2.45) is 11.7 Å². The highest BCUT2D eigenvalue weighted by molar-refractivity contribution is 5.91. The minimum atomic E-state index is -1.14. The van der Waals surface area contributed by atoms with Crippen molar-refractivity contribution >= 4 is 5.78 Å². The Balaban J connectivity index is 2.39. The summed E-state index contributed by atoms with van der Waals surface area (Å²) >= 11 is 0. The van der Waals surface area contributed by atoms with Crippen LogP contribution in [0.25, 0.3) is 0 Å². The molecule has 4 heteroatoms. The molecule has 90 valence electrons. The number of carbonyl (C=O) groups excluding carboxylic acids is 1. The van der Waals surface area contributed by atoms with Crippen molar-refractivity contribution in [3.05, 3.63) is 23.0 Å². The third-order valence-electron chi connectivity index (χ3n) is 3.57. The number of nitriles is 1. The van der Waals surface area contributed by atoms with E-state index < -0.39 is 11.6 Å². The second-order valence-electron chi connectivity index (χ2n) is 4.69. The molecule has 0 aromatic carbocycles. The molecular formula is C13H16N2O2. The molecule has 1 aliphatic carbocycles. The highest BCUT2D eigenvalue weighted by atomic mass is 16.5. The summed E-state index contributed by atoms with van der Waals surface area (Å²) in [6, 6.07) is 2.19. The molecule has 0 radical (unpaired) electrons. The lowest BCUT2D eigenvalue weighted by Crippen LogP contribution is -2.48. The Labute approximate surface area is 101 Å². The van der Waals surface area contributed by atoms with Gasteiger partial charge in [-0.25, -0.2) is 0 Å². The maximum Gasteiger partial charge on any atom is 0.200 e. The van der Waals surface area contributed by atoms with Gasteiger partial charge in [-0.15, -0.1) is 0 Å². The van der Waals surface area contributed by atoms with Crippen LogP contribution in [0.15, 0.2) is 23.0 Å². The van der Waals surface area contributed by atoms with Gasteiger partial charge in [0.2, 0.25) is 0 Å². The van der Waals surface area contributed by atoms with Gasteiger partial charge in [0.15, 0.2) is 11.5 Å². The van der Waals surface area contributed by atoms with Crippen molar-refractivity contribution in [3.8, 4) is 6.07 Å². The molecule has 0 fully saturated rings. The van der Waals surface area contributed by atoms with Gasteiger partial charge < -0.3 is 4.74 Å². The highest BCUT2D eigenvalue weighted by Gasteiger charge is 2.48. The van der Waals surface area contributed by atoms with Crippen LogP contribution in [-0.2, 0) is 9.53 Å². The van der Waals surface area contributed by atoms with Crippen LogP contribution in [0.5, 0.6) is 0 Å². The summed E-state index contributed by atoms with van der Waals surface area (Å²) in [6.07, 6.45) is 3.62. The molecule has 0 saturated carbocycles. The number of ketones is 1. The van der Waals surface area contributed by atoms with E-state index in [9.17, 15) is 10.1 Å². The summed E-state index contributed by atoms with van der Waals surface area (Å²) in [7, 11) is 0. The third kappa shape index (κ3) is 1.77. The number of nitrogens with zero attached hydrogens (tertiary/aromatic N) is 1. The zero-order valence-electron chi connectivity index (χ0n) is 10.1. The van der Waals surface area contributed by atoms with E-state index in [0.717, 1.165) is 24.0 Å². The van der Waals surface area contributed by atoms with Gasteiger partial charge in [-0.2, -0.15) is 5.26 Å². The number of hydrogen-bond acceptors (Lipinski definition) is 4. The van der Waals surface area contributed by atoms with Gasteiger partial charge in [0.25, 0.3) is 0 Å². The lowest BCUT2D eigenvalue weighted by atomic mass is 9.82. The van der Waals surface area contributed by atoms with Gasteiger partial charge in [0, 0.05) is 6.42 Å². The molecule has 17 heavy (non-hydrogen) atoms. The molecule has 2 rings (SSSR count). The maximum absolute atomic E-state index is 11.4. The monoisotopic (exact) mass is 232 g/mol. The predicted molar refractivity (Wildman–Crippen MR) is 62.4 cm³/mol. The number of hydrogen-bond donors (Lipinski definition) is 1. The largest absolute Gasteiger partial charge is 0.472 e. The smallest absolute Gasteiger partial charge is 0.200 e. The standard InChI is InChI=1S/C13H16N2O2/c1-8-9(2)17-13(15,12(8)7-14)10-4-3-5-11(16)6-10/h6,12H,3-5,15H2,1-2H3. The van der Waals surface area contributed by atoms with Gasteiger partial charge >= 0.3 is 0 Å². The number of allylic oxidation sites excluding steroid dienone is 2. The molecule has 0 bridgehead atoms. The first kappa shape index (κ1) is 11.9.